The van der Waals surface area contributed by atoms with Crippen molar-refractivity contribution in [1.29, 1.82) is 0 Å². The highest BCUT2D eigenvalue weighted by atomic mass is 16.6. The monoisotopic (exact) mass is 120 g/mol. The van der Waals surface area contributed by atoms with Crippen molar-refractivity contribution in [3.8, 4) is 0 Å². The Morgan fingerprint density at radius 1 is 1.25 bits per heavy atom. The van der Waals surface area contributed by atoms with Gasteiger partial charge in [0.1, 0.15) is 12.2 Å². The molecule has 1 saturated heterocycles. The Bertz CT molecular complexity index is 74.1. The topological polar surface area (TPSA) is 69.9 Å². The molecule has 0 aromatic rings. The van der Waals surface area contributed by atoms with Gasteiger partial charge in [0.15, 0.2) is 6.29 Å². The third-order valence-corrected chi connectivity index (χ3v) is 1.12. The number of ether oxygens (including phenoxy) is 1. The van der Waals surface area contributed by atoms with Gasteiger partial charge in [0, 0.05) is 0 Å². The van der Waals surface area contributed by atoms with Crippen LogP contribution in [0.2, 0.25) is 0 Å². The molecule has 48 valence electrons. The summed E-state index contributed by atoms with van der Waals surface area (Å²) in [6.45, 7) is 0.0162. The predicted octanol–water partition coefficient (Wildman–Crippen LogP) is -1.94. The quantitative estimate of drug-likeness (QED) is 0.348. The Balaban J connectivity index is 2.44. The van der Waals surface area contributed by atoms with E-state index < -0.39 is 18.5 Å². The minimum Gasteiger partial charge on any atom is -0.388 e. The maximum Gasteiger partial charge on any atom is 0.183 e. The second-order valence-corrected chi connectivity index (χ2v) is 1.78. The Morgan fingerprint density at radius 2 is 1.88 bits per heavy atom. The average molecular weight is 120 g/mol. The second-order valence-electron chi connectivity index (χ2n) is 1.78. The van der Waals surface area contributed by atoms with E-state index in [1.165, 1.54) is 0 Å². The molecule has 4 heteroatoms. The molecule has 8 heavy (non-hydrogen) atoms. The first-order valence-electron chi connectivity index (χ1n) is 2.37. The Labute approximate surface area is 46.3 Å². The lowest BCUT2D eigenvalue weighted by Crippen LogP contribution is -2.29. The number of rotatable bonds is 0. The first kappa shape index (κ1) is 5.97. The van der Waals surface area contributed by atoms with E-state index in [-0.39, 0.29) is 6.61 Å². The van der Waals surface area contributed by atoms with Crippen LogP contribution < -0.4 is 0 Å². The van der Waals surface area contributed by atoms with Crippen molar-refractivity contribution in [3.05, 3.63) is 0 Å². The molecule has 1 aliphatic rings. The smallest absolute Gasteiger partial charge is 0.183 e. The largest absolute Gasteiger partial charge is 0.388 e. The molecule has 3 atom stereocenters. The molecule has 0 spiro atoms. The molecule has 1 aliphatic heterocycles. The van der Waals surface area contributed by atoms with Crippen LogP contribution in [-0.2, 0) is 4.74 Å². The van der Waals surface area contributed by atoms with E-state index in [1.807, 2.05) is 0 Å². The molecule has 1 heterocycles. The zero-order valence-corrected chi connectivity index (χ0v) is 4.19. The van der Waals surface area contributed by atoms with Crippen molar-refractivity contribution >= 4 is 0 Å². The first-order valence-corrected chi connectivity index (χ1v) is 2.37. The van der Waals surface area contributed by atoms with Crippen LogP contribution in [-0.4, -0.2) is 40.4 Å². The van der Waals surface area contributed by atoms with Crippen molar-refractivity contribution in [2.45, 2.75) is 18.5 Å². The summed E-state index contributed by atoms with van der Waals surface area (Å²) < 4.78 is 4.43. The van der Waals surface area contributed by atoms with Gasteiger partial charge >= 0.3 is 0 Å². The van der Waals surface area contributed by atoms with Gasteiger partial charge in [0.2, 0.25) is 0 Å². The molecule has 1 unspecified atom stereocenters. The van der Waals surface area contributed by atoms with Crippen LogP contribution >= 0.6 is 0 Å². The van der Waals surface area contributed by atoms with Crippen LogP contribution in [0.3, 0.4) is 0 Å². The molecule has 0 radical (unpaired) electrons. The summed E-state index contributed by atoms with van der Waals surface area (Å²) >= 11 is 0. The molecule has 0 saturated carbocycles. The average Bonchev–Trinajstić information content (AvgIpc) is 1.98. The number of aliphatic hydroxyl groups is 3. The highest BCUT2D eigenvalue weighted by Crippen LogP contribution is 2.10. The third-order valence-electron chi connectivity index (χ3n) is 1.12. The van der Waals surface area contributed by atoms with Gasteiger partial charge in [-0.15, -0.1) is 0 Å². The SMILES string of the molecule is OC1CO[C@@H](O)[C@H]1O. The van der Waals surface area contributed by atoms with Crippen molar-refractivity contribution in [2.75, 3.05) is 6.61 Å². The van der Waals surface area contributed by atoms with Gasteiger partial charge in [-0.2, -0.15) is 0 Å². The van der Waals surface area contributed by atoms with E-state index in [9.17, 15) is 0 Å². The van der Waals surface area contributed by atoms with Gasteiger partial charge in [-0.05, 0) is 0 Å². The zero-order chi connectivity index (χ0) is 6.15. The molecule has 0 aliphatic carbocycles. The summed E-state index contributed by atoms with van der Waals surface area (Å²) in [6.07, 6.45) is -3.26. The van der Waals surface area contributed by atoms with Gasteiger partial charge in [-0.3, -0.25) is 0 Å². The maximum atomic E-state index is 8.64. The van der Waals surface area contributed by atoms with Gasteiger partial charge in [-0.1, -0.05) is 0 Å². The van der Waals surface area contributed by atoms with Gasteiger partial charge in [0.05, 0.1) is 6.61 Å². The second kappa shape index (κ2) is 1.99. The molecule has 0 aromatic carbocycles. The van der Waals surface area contributed by atoms with Gasteiger partial charge in [0.25, 0.3) is 0 Å². The van der Waals surface area contributed by atoms with Crippen LogP contribution in [0, 0.1) is 0 Å². The van der Waals surface area contributed by atoms with E-state index in [0.29, 0.717) is 0 Å². The first-order chi connectivity index (χ1) is 3.72. The van der Waals surface area contributed by atoms with Crippen molar-refractivity contribution in [1.82, 2.24) is 0 Å². The molecule has 0 amide bonds. The van der Waals surface area contributed by atoms with Crippen LogP contribution in [0.15, 0.2) is 0 Å². The summed E-state index contributed by atoms with van der Waals surface area (Å²) in [5.74, 6) is 0. The van der Waals surface area contributed by atoms with Crippen molar-refractivity contribution in [2.24, 2.45) is 0 Å². The minimum atomic E-state index is -1.20. The molecule has 3 N–H and O–H groups in total. The van der Waals surface area contributed by atoms with Gasteiger partial charge in [-0.25, -0.2) is 0 Å². The predicted molar refractivity (Wildman–Crippen MR) is 24.0 cm³/mol. The number of hydrogen-bond donors (Lipinski definition) is 3. The highest BCUT2D eigenvalue weighted by molar-refractivity contribution is 4.75. The van der Waals surface area contributed by atoms with E-state index >= 15 is 0 Å². The third kappa shape index (κ3) is 0.830. The standard InChI is InChI=1S/C4H8O4/c5-2-1-8-4(7)3(2)6/h2-7H,1H2/t2?,3-,4+/m0/s1. The van der Waals surface area contributed by atoms with Gasteiger partial charge < -0.3 is 20.1 Å². The summed E-state index contributed by atoms with van der Waals surface area (Å²) in [5, 5.41) is 25.8. The number of hydrogen-bond acceptors (Lipinski definition) is 4. The Hall–Kier alpha value is -0.160. The summed E-state index contributed by atoms with van der Waals surface area (Å²) in [5.41, 5.74) is 0. The van der Waals surface area contributed by atoms with Crippen molar-refractivity contribution < 1.29 is 20.1 Å². The summed E-state index contributed by atoms with van der Waals surface area (Å²) in [7, 11) is 0. The fraction of sp³-hybridized carbons (Fsp3) is 1.00. The lowest BCUT2D eigenvalue weighted by Gasteiger charge is -2.06. The van der Waals surface area contributed by atoms with Crippen LogP contribution in [0.1, 0.15) is 0 Å². The van der Waals surface area contributed by atoms with E-state index in [1.54, 1.807) is 0 Å². The van der Waals surface area contributed by atoms with E-state index in [0.717, 1.165) is 0 Å². The van der Waals surface area contributed by atoms with Crippen LogP contribution in [0.5, 0.6) is 0 Å². The molecule has 1 rings (SSSR count). The fourth-order valence-electron chi connectivity index (χ4n) is 0.584. The fourth-order valence-corrected chi connectivity index (χ4v) is 0.584. The van der Waals surface area contributed by atoms with E-state index in [2.05, 4.69) is 4.74 Å². The molecular formula is C4H8O4. The summed E-state index contributed by atoms with van der Waals surface area (Å²) in [4.78, 5) is 0. The maximum absolute atomic E-state index is 8.64. The minimum absolute atomic E-state index is 0.0162. The van der Waals surface area contributed by atoms with Crippen LogP contribution in [0.4, 0.5) is 0 Å². The highest BCUT2D eigenvalue weighted by Gasteiger charge is 2.32. The normalized spacial score (nSPS) is 47.6. The lowest BCUT2D eigenvalue weighted by molar-refractivity contribution is -0.111. The molecular weight excluding hydrogens is 112 g/mol. The van der Waals surface area contributed by atoms with Crippen LogP contribution in [0.25, 0.3) is 0 Å². The molecule has 0 aromatic heterocycles. The van der Waals surface area contributed by atoms with Crippen molar-refractivity contribution in [3.63, 3.8) is 0 Å². The Kier molecular flexibility index (Phi) is 1.48. The summed E-state index contributed by atoms with van der Waals surface area (Å²) in [6, 6.07) is 0. The molecule has 0 bridgehead atoms. The Morgan fingerprint density at radius 3 is 2.00 bits per heavy atom. The van der Waals surface area contributed by atoms with E-state index in [4.69, 9.17) is 15.3 Å². The lowest BCUT2D eigenvalue weighted by atomic mass is 10.2. The number of aliphatic hydroxyl groups excluding tert-OH is 3. The molecule has 4 nitrogen and oxygen atoms in total. The zero-order valence-electron chi connectivity index (χ0n) is 4.19. The molecule has 1 fully saturated rings.